The lowest BCUT2D eigenvalue weighted by Gasteiger charge is -2.07. The van der Waals surface area contributed by atoms with Crippen LogP contribution in [0.5, 0.6) is 11.5 Å². The second-order valence-corrected chi connectivity index (χ2v) is 4.15. The second kappa shape index (κ2) is 4.18. The van der Waals surface area contributed by atoms with Gasteiger partial charge in [-0.15, -0.1) is 0 Å². The van der Waals surface area contributed by atoms with Gasteiger partial charge in [-0.2, -0.15) is 0 Å². The number of carbonyl (C=O) groups is 1. The lowest BCUT2D eigenvalue weighted by molar-refractivity contribution is 0.0961. The minimum Gasteiger partial charge on any atom is -0.487 e. The molecule has 3 rings (SSSR count). The summed E-state index contributed by atoms with van der Waals surface area (Å²) in [5, 5.41) is 0. The molecule has 18 heavy (non-hydrogen) atoms. The highest BCUT2D eigenvalue weighted by Crippen LogP contribution is 2.29. The van der Waals surface area contributed by atoms with Gasteiger partial charge in [-0.05, 0) is 12.1 Å². The molecule has 0 bridgehead atoms. The molecule has 0 radical (unpaired) electrons. The van der Waals surface area contributed by atoms with Crippen LogP contribution in [-0.4, -0.2) is 21.9 Å². The number of ketones is 1. The van der Waals surface area contributed by atoms with Crippen molar-refractivity contribution in [2.75, 3.05) is 6.61 Å². The molecule has 0 aliphatic carbocycles. The molecule has 0 saturated carbocycles. The van der Waals surface area contributed by atoms with Gasteiger partial charge in [0.15, 0.2) is 6.61 Å². The topological polar surface area (TPSA) is 53.4 Å². The van der Waals surface area contributed by atoms with Crippen LogP contribution in [0.2, 0.25) is 0 Å². The quantitative estimate of drug-likeness (QED) is 0.822. The highest BCUT2D eigenvalue weighted by atomic mass is 16.5. The third-order valence-corrected chi connectivity index (χ3v) is 2.92. The predicted molar refractivity (Wildman–Crippen MR) is 63.8 cm³/mol. The maximum Gasteiger partial charge on any atom is 0.203 e. The third kappa shape index (κ3) is 1.84. The number of ether oxygens (including phenoxy) is 2. The number of aryl methyl sites for hydroxylation is 1. The molecular formula is C13H12N2O3. The largest absolute Gasteiger partial charge is 0.487 e. The molecule has 0 saturated heterocycles. The number of hydrogen-bond acceptors (Lipinski definition) is 4. The maximum absolute atomic E-state index is 11.4. The number of rotatable bonds is 3. The van der Waals surface area contributed by atoms with E-state index in [0.717, 1.165) is 5.69 Å². The zero-order valence-corrected chi connectivity index (χ0v) is 9.92. The van der Waals surface area contributed by atoms with Crippen molar-refractivity contribution < 1.29 is 14.3 Å². The molecule has 1 aliphatic heterocycles. The first-order valence-corrected chi connectivity index (χ1v) is 5.62. The van der Waals surface area contributed by atoms with Crippen molar-refractivity contribution in [3.05, 3.63) is 42.0 Å². The Morgan fingerprint density at radius 3 is 3.17 bits per heavy atom. The van der Waals surface area contributed by atoms with Crippen LogP contribution in [0.15, 0.2) is 30.7 Å². The summed E-state index contributed by atoms with van der Waals surface area (Å²) in [6.07, 6.45) is 3.48. The number of fused-ring (bicyclic) bond motifs is 1. The smallest absolute Gasteiger partial charge is 0.203 e. The van der Waals surface area contributed by atoms with Crippen molar-refractivity contribution in [2.45, 2.75) is 6.61 Å². The molecule has 1 aromatic carbocycles. The molecule has 0 amide bonds. The standard InChI is InChI=1S/C13H12N2O3/c1-15-8-14-5-9(15)6-17-10-2-3-11-12(16)7-18-13(11)4-10/h2-5,8H,6-7H2,1H3. The average Bonchev–Trinajstić information content (AvgIpc) is 2.94. The molecule has 0 fully saturated rings. The summed E-state index contributed by atoms with van der Waals surface area (Å²) in [7, 11) is 1.91. The van der Waals surface area contributed by atoms with Crippen LogP contribution >= 0.6 is 0 Å². The van der Waals surface area contributed by atoms with E-state index in [0.29, 0.717) is 23.7 Å². The lowest BCUT2D eigenvalue weighted by atomic mass is 10.1. The number of benzene rings is 1. The first-order chi connectivity index (χ1) is 8.74. The van der Waals surface area contributed by atoms with Crippen LogP contribution in [0, 0.1) is 0 Å². The van der Waals surface area contributed by atoms with E-state index in [2.05, 4.69) is 4.98 Å². The molecule has 92 valence electrons. The number of carbonyl (C=O) groups excluding carboxylic acids is 1. The van der Waals surface area contributed by atoms with Crippen LogP contribution in [0.4, 0.5) is 0 Å². The Morgan fingerprint density at radius 1 is 1.50 bits per heavy atom. The van der Waals surface area contributed by atoms with Gasteiger partial charge in [0.1, 0.15) is 18.1 Å². The van der Waals surface area contributed by atoms with Crippen molar-refractivity contribution in [1.29, 1.82) is 0 Å². The van der Waals surface area contributed by atoms with E-state index in [4.69, 9.17) is 9.47 Å². The molecule has 0 spiro atoms. The van der Waals surface area contributed by atoms with Crippen LogP contribution in [0.25, 0.3) is 0 Å². The monoisotopic (exact) mass is 244 g/mol. The Morgan fingerprint density at radius 2 is 2.39 bits per heavy atom. The maximum atomic E-state index is 11.4. The molecular weight excluding hydrogens is 232 g/mol. The molecule has 1 aromatic heterocycles. The zero-order valence-electron chi connectivity index (χ0n) is 9.92. The van der Waals surface area contributed by atoms with Gasteiger partial charge in [-0.25, -0.2) is 4.98 Å². The summed E-state index contributed by atoms with van der Waals surface area (Å²) >= 11 is 0. The van der Waals surface area contributed by atoms with Crippen LogP contribution in [-0.2, 0) is 13.7 Å². The fourth-order valence-corrected chi connectivity index (χ4v) is 1.84. The summed E-state index contributed by atoms with van der Waals surface area (Å²) in [5.74, 6) is 1.30. The van der Waals surface area contributed by atoms with Crippen molar-refractivity contribution in [3.8, 4) is 11.5 Å². The minimum absolute atomic E-state index is 0.0168. The summed E-state index contributed by atoms with van der Waals surface area (Å²) in [5.41, 5.74) is 1.61. The molecule has 5 heteroatoms. The van der Waals surface area contributed by atoms with Gasteiger partial charge < -0.3 is 14.0 Å². The Bertz CT molecular complexity index is 604. The fraction of sp³-hybridized carbons (Fsp3) is 0.231. The van der Waals surface area contributed by atoms with Crippen molar-refractivity contribution >= 4 is 5.78 Å². The van der Waals surface area contributed by atoms with Crippen molar-refractivity contribution in [3.63, 3.8) is 0 Å². The molecule has 5 nitrogen and oxygen atoms in total. The minimum atomic E-state index is 0.0168. The predicted octanol–water partition coefficient (Wildman–Crippen LogP) is 1.57. The van der Waals surface area contributed by atoms with Gasteiger partial charge in [0, 0.05) is 13.1 Å². The SMILES string of the molecule is Cn1cncc1COc1ccc2c(c1)OCC2=O. The number of Topliss-reactive ketones (excluding diaryl/α,β-unsaturated/α-hetero) is 1. The molecule has 0 N–H and O–H groups in total. The summed E-state index contributed by atoms with van der Waals surface area (Å²) in [6.45, 7) is 0.559. The van der Waals surface area contributed by atoms with E-state index in [1.165, 1.54) is 0 Å². The Hall–Kier alpha value is -2.30. The van der Waals surface area contributed by atoms with E-state index in [1.807, 2.05) is 11.6 Å². The number of imidazole rings is 1. The van der Waals surface area contributed by atoms with E-state index in [-0.39, 0.29) is 12.4 Å². The van der Waals surface area contributed by atoms with Crippen LogP contribution in [0.3, 0.4) is 0 Å². The molecule has 2 aromatic rings. The lowest BCUT2D eigenvalue weighted by Crippen LogP contribution is -2.01. The average molecular weight is 244 g/mol. The summed E-state index contributed by atoms with van der Waals surface area (Å²) < 4.78 is 12.8. The Kier molecular flexibility index (Phi) is 2.51. The molecule has 2 heterocycles. The molecule has 0 unspecified atom stereocenters. The van der Waals surface area contributed by atoms with Crippen molar-refractivity contribution in [1.82, 2.24) is 9.55 Å². The van der Waals surface area contributed by atoms with E-state index >= 15 is 0 Å². The van der Waals surface area contributed by atoms with Crippen LogP contribution < -0.4 is 9.47 Å². The first-order valence-electron chi connectivity index (χ1n) is 5.62. The van der Waals surface area contributed by atoms with E-state index in [9.17, 15) is 4.79 Å². The summed E-state index contributed by atoms with van der Waals surface area (Å²) in [4.78, 5) is 15.4. The van der Waals surface area contributed by atoms with Crippen LogP contribution in [0.1, 0.15) is 16.1 Å². The van der Waals surface area contributed by atoms with Gasteiger partial charge in [-0.1, -0.05) is 0 Å². The zero-order chi connectivity index (χ0) is 12.5. The second-order valence-electron chi connectivity index (χ2n) is 4.15. The van der Waals surface area contributed by atoms with Gasteiger partial charge in [0.25, 0.3) is 0 Å². The third-order valence-electron chi connectivity index (χ3n) is 2.92. The van der Waals surface area contributed by atoms with Gasteiger partial charge >= 0.3 is 0 Å². The fourth-order valence-electron chi connectivity index (χ4n) is 1.84. The van der Waals surface area contributed by atoms with E-state index in [1.54, 1.807) is 30.7 Å². The number of hydrogen-bond donors (Lipinski definition) is 0. The summed E-state index contributed by atoms with van der Waals surface area (Å²) in [6, 6.07) is 5.27. The highest BCUT2D eigenvalue weighted by molar-refractivity contribution is 6.02. The normalized spacial score (nSPS) is 13.3. The Labute approximate surface area is 104 Å². The Balaban J connectivity index is 1.75. The number of nitrogens with zero attached hydrogens (tertiary/aromatic N) is 2. The number of aromatic nitrogens is 2. The van der Waals surface area contributed by atoms with Gasteiger partial charge in [0.05, 0.1) is 23.8 Å². The first kappa shape index (κ1) is 10.8. The van der Waals surface area contributed by atoms with E-state index < -0.39 is 0 Å². The molecule has 1 aliphatic rings. The molecule has 0 atom stereocenters. The van der Waals surface area contributed by atoms with Crippen molar-refractivity contribution in [2.24, 2.45) is 7.05 Å². The van der Waals surface area contributed by atoms with Gasteiger partial charge in [0.2, 0.25) is 5.78 Å². The highest BCUT2D eigenvalue weighted by Gasteiger charge is 2.21. The van der Waals surface area contributed by atoms with Gasteiger partial charge in [-0.3, -0.25) is 4.79 Å².